The molecule has 2 aromatic heterocycles. The molecule has 5 rings (SSSR count). The van der Waals surface area contributed by atoms with Crippen molar-refractivity contribution >= 4 is 17.7 Å². The molecule has 0 unspecified atom stereocenters. The number of hydrogen-bond donors (Lipinski definition) is 1. The van der Waals surface area contributed by atoms with Crippen LogP contribution in [0.5, 0.6) is 0 Å². The molecule has 1 N–H and O–H groups in total. The number of para-hydroxylation sites is 1. The van der Waals surface area contributed by atoms with E-state index in [1.165, 1.54) is 30.5 Å². The summed E-state index contributed by atoms with van der Waals surface area (Å²) in [4.78, 5) is 16.9. The molecule has 34 heavy (non-hydrogen) atoms. The maximum atomic E-state index is 14.7. The van der Waals surface area contributed by atoms with Gasteiger partial charge in [-0.1, -0.05) is 73.5 Å². The van der Waals surface area contributed by atoms with Crippen molar-refractivity contribution in [3.63, 3.8) is 0 Å². The van der Waals surface area contributed by atoms with Gasteiger partial charge in [0.05, 0.1) is 11.4 Å². The molecule has 0 aliphatic heterocycles. The Morgan fingerprint density at radius 1 is 1.06 bits per heavy atom. The van der Waals surface area contributed by atoms with Crippen LogP contribution in [0.3, 0.4) is 0 Å². The highest BCUT2D eigenvalue weighted by Gasteiger charge is 2.21. The maximum absolute atomic E-state index is 14.7. The van der Waals surface area contributed by atoms with E-state index in [9.17, 15) is 9.18 Å². The van der Waals surface area contributed by atoms with Crippen molar-refractivity contribution in [1.82, 2.24) is 25.1 Å². The number of hydrogen-bond acceptors (Lipinski definition) is 6. The molecular weight excluding hydrogens is 453 g/mol. The van der Waals surface area contributed by atoms with Gasteiger partial charge >= 0.3 is 0 Å². The van der Waals surface area contributed by atoms with E-state index in [1.807, 2.05) is 30.3 Å². The van der Waals surface area contributed by atoms with E-state index in [-0.39, 0.29) is 23.5 Å². The predicted molar refractivity (Wildman–Crippen MR) is 127 cm³/mol. The van der Waals surface area contributed by atoms with Gasteiger partial charge < -0.3 is 9.73 Å². The van der Waals surface area contributed by atoms with E-state index in [2.05, 4.69) is 20.5 Å². The largest absolute Gasteiger partial charge is 0.447 e. The SMILES string of the molecule is O=C(NC1CCCCC1)c1coc(CSc2nnc(-c3ccccc3)n2-c2ccccc2F)n1. The minimum absolute atomic E-state index is 0.200. The number of halogens is 1. The second kappa shape index (κ2) is 10.2. The van der Waals surface area contributed by atoms with E-state index in [4.69, 9.17) is 4.42 Å². The van der Waals surface area contributed by atoms with Gasteiger partial charge in [-0.05, 0) is 25.0 Å². The quantitative estimate of drug-likeness (QED) is 0.358. The number of nitrogens with zero attached hydrogens (tertiary/aromatic N) is 4. The predicted octanol–water partition coefficient (Wildman–Crippen LogP) is 5.42. The summed E-state index contributed by atoms with van der Waals surface area (Å²) in [6.45, 7) is 0. The van der Waals surface area contributed by atoms with Gasteiger partial charge in [-0.2, -0.15) is 0 Å². The highest BCUT2D eigenvalue weighted by molar-refractivity contribution is 7.98. The van der Waals surface area contributed by atoms with E-state index >= 15 is 0 Å². The summed E-state index contributed by atoms with van der Waals surface area (Å²) >= 11 is 1.31. The lowest BCUT2D eigenvalue weighted by Gasteiger charge is -2.22. The molecule has 1 amide bonds. The Kier molecular flexibility index (Phi) is 6.71. The monoisotopic (exact) mass is 477 g/mol. The number of carbonyl (C=O) groups excluding carboxylic acids is 1. The molecule has 2 aromatic carbocycles. The Bertz CT molecular complexity index is 1270. The van der Waals surface area contributed by atoms with E-state index in [1.54, 1.807) is 22.8 Å². The molecule has 0 spiro atoms. The van der Waals surface area contributed by atoms with Crippen molar-refractivity contribution in [2.75, 3.05) is 0 Å². The van der Waals surface area contributed by atoms with Crippen LogP contribution < -0.4 is 5.32 Å². The molecule has 1 aliphatic carbocycles. The number of nitrogens with one attached hydrogen (secondary N) is 1. The van der Waals surface area contributed by atoms with Crippen LogP contribution in [0.25, 0.3) is 17.1 Å². The minimum Gasteiger partial charge on any atom is -0.447 e. The average Bonchev–Trinajstić information content (AvgIpc) is 3.52. The molecule has 1 aliphatic rings. The highest BCUT2D eigenvalue weighted by atomic mass is 32.2. The lowest BCUT2D eigenvalue weighted by Crippen LogP contribution is -2.36. The van der Waals surface area contributed by atoms with Crippen LogP contribution in [0.4, 0.5) is 4.39 Å². The first-order chi connectivity index (χ1) is 16.7. The van der Waals surface area contributed by atoms with Gasteiger partial charge in [0.1, 0.15) is 12.1 Å². The van der Waals surface area contributed by atoms with E-state index < -0.39 is 0 Å². The van der Waals surface area contributed by atoms with E-state index in [0.717, 1.165) is 31.2 Å². The fraction of sp³-hybridized carbons (Fsp3) is 0.280. The molecule has 7 nitrogen and oxygen atoms in total. The minimum atomic E-state index is -0.376. The highest BCUT2D eigenvalue weighted by Crippen LogP contribution is 2.30. The van der Waals surface area contributed by atoms with Gasteiger partial charge in [0, 0.05) is 11.6 Å². The summed E-state index contributed by atoms with van der Waals surface area (Å²) < 4.78 is 21.9. The third-order valence-electron chi connectivity index (χ3n) is 5.81. The summed E-state index contributed by atoms with van der Waals surface area (Å²) in [5, 5.41) is 12.2. The second-order valence-corrected chi connectivity index (χ2v) is 9.13. The van der Waals surface area contributed by atoms with Gasteiger partial charge in [-0.15, -0.1) is 10.2 Å². The zero-order valence-corrected chi connectivity index (χ0v) is 19.3. The fourth-order valence-corrected chi connectivity index (χ4v) is 4.90. The Morgan fingerprint density at radius 3 is 2.62 bits per heavy atom. The Morgan fingerprint density at radius 2 is 1.82 bits per heavy atom. The number of carbonyl (C=O) groups is 1. The summed E-state index contributed by atoms with van der Waals surface area (Å²) in [5.74, 6) is 0.654. The number of thioether (sulfide) groups is 1. The van der Waals surface area contributed by atoms with Crippen molar-refractivity contribution in [2.24, 2.45) is 0 Å². The number of benzene rings is 2. The van der Waals surface area contributed by atoms with Crippen molar-refractivity contribution in [1.29, 1.82) is 0 Å². The van der Waals surface area contributed by atoms with Crippen molar-refractivity contribution in [3.05, 3.63) is 78.3 Å². The van der Waals surface area contributed by atoms with Crippen molar-refractivity contribution in [3.8, 4) is 17.1 Å². The number of aromatic nitrogens is 4. The third-order valence-corrected chi connectivity index (χ3v) is 6.72. The topological polar surface area (TPSA) is 85.8 Å². The zero-order chi connectivity index (χ0) is 23.3. The Hall–Kier alpha value is -3.46. The first kappa shape index (κ1) is 22.3. The van der Waals surface area contributed by atoms with Gasteiger partial charge in [0.2, 0.25) is 5.89 Å². The zero-order valence-electron chi connectivity index (χ0n) is 18.5. The fourth-order valence-electron chi connectivity index (χ4n) is 4.10. The number of rotatable bonds is 7. The Labute approximate surface area is 200 Å². The first-order valence-electron chi connectivity index (χ1n) is 11.3. The third kappa shape index (κ3) is 4.89. The smallest absolute Gasteiger partial charge is 0.273 e. The lowest BCUT2D eigenvalue weighted by molar-refractivity contribution is 0.0922. The molecule has 174 valence electrons. The molecule has 0 radical (unpaired) electrons. The summed E-state index contributed by atoms with van der Waals surface area (Å²) in [5.41, 5.74) is 1.44. The number of oxazole rings is 1. The van der Waals surface area contributed by atoms with Gasteiger partial charge in [-0.25, -0.2) is 9.37 Å². The summed E-state index contributed by atoms with van der Waals surface area (Å²) in [6.07, 6.45) is 6.88. The first-order valence-corrected chi connectivity index (χ1v) is 12.3. The molecule has 0 bridgehead atoms. The summed E-state index contributed by atoms with van der Waals surface area (Å²) in [7, 11) is 0. The van der Waals surface area contributed by atoms with Crippen LogP contribution in [-0.4, -0.2) is 31.7 Å². The summed E-state index contributed by atoms with van der Waals surface area (Å²) in [6, 6.07) is 16.2. The van der Waals surface area contributed by atoms with Gasteiger partial charge in [0.25, 0.3) is 5.91 Å². The molecule has 2 heterocycles. The van der Waals surface area contributed by atoms with Crippen LogP contribution in [0.15, 0.2) is 70.4 Å². The molecule has 0 saturated heterocycles. The van der Waals surface area contributed by atoms with Crippen molar-refractivity contribution < 1.29 is 13.6 Å². The molecule has 1 fully saturated rings. The van der Waals surface area contributed by atoms with Crippen LogP contribution in [0, 0.1) is 5.82 Å². The van der Waals surface area contributed by atoms with Gasteiger partial charge in [-0.3, -0.25) is 9.36 Å². The normalized spacial score (nSPS) is 14.3. The molecule has 1 saturated carbocycles. The van der Waals surface area contributed by atoms with E-state index in [0.29, 0.717) is 28.3 Å². The second-order valence-electron chi connectivity index (χ2n) is 8.18. The molecule has 9 heteroatoms. The molecular formula is C25H24FN5O2S. The van der Waals surface area contributed by atoms with Crippen molar-refractivity contribution in [2.45, 2.75) is 49.1 Å². The van der Waals surface area contributed by atoms with Crippen LogP contribution in [0.2, 0.25) is 0 Å². The number of amides is 1. The average molecular weight is 478 g/mol. The molecule has 4 aromatic rings. The maximum Gasteiger partial charge on any atom is 0.273 e. The molecule has 0 atom stereocenters. The Balaban J connectivity index is 1.35. The lowest BCUT2D eigenvalue weighted by atomic mass is 9.95. The van der Waals surface area contributed by atoms with Crippen LogP contribution >= 0.6 is 11.8 Å². The standard InChI is InChI=1S/C25H24FN5O2S/c26-19-13-7-8-14-21(19)31-23(17-9-3-1-4-10-17)29-30-25(31)34-16-22-28-20(15-33-22)24(32)27-18-11-5-2-6-12-18/h1,3-4,7-10,13-15,18H,2,5-6,11-12,16H2,(H,27,32). The van der Waals surface area contributed by atoms with Crippen LogP contribution in [0.1, 0.15) is 48.5 Å². The van der Waals surface area contributed by atoms with Crippen LogP contribution in [-0.2, 0) is 5.75 Å². The van der Waals surface area contributed by atoms with Gasteiger partial charge in [0.15, 0.2) is 16.7 Å².